The van der Waals surface area contributed by atoms with Gasteiger partial charge in [0.15, 0.2) is 0 Å². The van der Waals surface area contributed by atoms with Crippen molar-refractivity contribution in [2.24, 2.45) is 5.73 Å². The van der Waals surface area contributed by atoms with Crippen LogP contribution in [0, 0.1) is 0 Å². The van der Waals surface area contributed by atoms with Crippen LogP contribution in [-0.2, 0) is 0 Å². The van der Waals surface area contributed by atoms with Crippen molar-refractivity contribution >= 4 is 5.91 Å². The van der Waals surface area contributed by atoms with Gasteiger partial charge in [-0.2, -0.15) is 0 Å². The summed E-state index contributed by atoms with van der Waals surface area (Å²) in [6.07, 6.45) is 4.76. The molecule has 72 valence electrons. The summed E-state index contributed by atoms with van der Waals surface area (Å²) in [4.78, 5) is 11.3. The quantitative estimate of drug-likeness (QED) is 0.660. The van der Waals surface area contributed by atoms with Gasteiger partial charge >= 0.3 is 0 Å². The SMILES string of the molecule is NCCCCNC(=O)c1ccoc1. The topological polar surface area (TPSA) is 68.3 Å². The van der Waals surface area contributed by atoms with E-state index in [9.17, 15) is 4.79 Å². The molecular weight excluding hydrogens is 168 g/mol. The van der Waals surface area contributed by atoms with Crippen molar-refractivity contribution in [2.75, 3.05) is 13.1 Å². The third-order valence-electron chi connectivity index (χ3n) is 1.70. The number of hydrogen-bond acceptors (Lipinski definition) is 3. The molecule has 1 rings (SSSR count). The highest BCUT2D eigenvalue weighted by atomic mass is 16.3. The molecule has 0 saturated carbocycles. The number of nitrogens with two attached hydrogens (primary N) is 1. The fourth-order valence-corrected chi connectivity index (χ4v) is 0.967. The Morgan fingerprint density at radius 2 is 2.38 bits per heavy atom. The molecule has 0 aliphatic heterocycles. The molecule has 4 nitrogen and oxygen atoms in total. The number of nitrogens with one attached hydrogen (secondary N) is 1. The third-order valence-corrected chi connectivity index (χ3v) is 1.70. The highest BCUT2D eigenvalue weighted by Gasteiger charge is 2.04. The second kappa shape index (κ2) is 5.37. The monoisotopic (exact) mass is 182 g/mol. The number of carbonyl (C=O) groups excluding carboxylic acids is 1. The number of rotatable bonds is 5. The lowest BCUT2D eigenvalue weighted by molar-refractivity contribution is 0.0952. The first kappa shape index (κ1) is 9.80. The zero-order valence-corrected chi connectivity index (χ0v) is 7.45. The largest absolute Gasteiger partial charge is 0.472 e. The van der Waals surface area contributed by atoms with E-state index in [0.717, 1.165) is 12.8 Å². The number of carbonyl (C=O) groups is 1. The molecule has 0 bridgehead atoms. The number of unbranched alkanes of at least 4 members (excludes halogenated alkanes) is 1. The van der Waals surface area contributed by atoms with Crippen LogP contribution in [0.4, 0.5) is 0 Å². The summed E-state index contributed by atoms with van der Waals surface area (Å²) in [5.74, 6) is -0.0919. The maximum Gasteiger partial charge on any atom is 0.254 e. The minimum absolute atomic E-state index is 0.0919. The Kier molecular flexibility index (Phi) is 4.05. The summed E-state index contributed by atoms with van der Waals surface area (Å²) < 4.78 is 4.78. The molecule has 1 aromatic heterocycles. The van der Waals surface area contributed by atoms with Crippen LogP contribution in [0.25, 0.3) is 0 Å². The Balaban J connectivity index is 2.19. The molecule has 1 aromatic rings. The standard InChI is InChI=1S/C9H14N2O2/c10-4-1-2-5-11-9(12)8-3-6-13-7-8/h3,6-7H,1-2,4-5,10H2,(H,11,12). The van der Waals surface area contributed by atoms with Crippen molar-refractivity contribution in [3.05, 3.63) is 24.2 Å². The van der Waals surface area contributed by atoms with E-state index in [1.54, 1.807) is 6.07 Å². The highest BCUT2D eigenvalue weighted by molar-refractivity contribution is 5.93. The summed E-state index contributed by atoms with van der Waals surface area (Å²) in [7, 11) is 0. The minimum Gasteiger partial charge on any atom is -0.472 e. The van der Waals surface area contributed by atoms with Crippen LogP contribution in [0.3, 0.4) is 0 Å². The number of hydrogen-bond donors (Lipinski definition) is 2. The molecule has 3 N–H and O–H groups in total. The summed E-state index contributed by atoms with van der Waals surface area (Å²) >= 11 is 0. The number of furan rings is 1. The van der Waals surface area contributed by atoms with Crippen LogP contribution in [-0.4, -0.2) is 19.0 Å². The van der Waals surface area contributed by atoms with Crippen molar-refractivity contribution in [3.63, 3.8) is 0 Å². The van der Waals surface area contributed by atoms with E-state index in [2.05, 4.69) is 5.32 Å². The van der Waals surface area contributed by atoms with Gasteiger partial charge in [0.1, 0.15) is 6.26 Å². The van der Waals surface area contributed by atoms with Gasteiger partial charge in [0.2, 0.25) is 0 Å². The summed E-state index contributed by atoms with van der Waals surface area (Å²) in [5.41, 5.74) is 5.88. The maximum atomic E-state index is 11.3. The van der Waals surface area contributed by atoms with Crippen molar-refractivity contribution < 1.29 is 9.21 Å². The Morgan fingerprint density at radius 3 is 3.00 bits per heavy atom. The maximum absolute atomic E-state index is 11.3. The summed E-state index contributed by atoms with van der Waals surface area (Å²) in [6.45, 7) is 1.34. The van der Waals surface area contributed by atoms with Crippen molar-refractivity contribution in [1.29, 1.82) is 0 Å². The fourth-order valence-electron chi connectivity index (χ4n) is 0.967. The van der Waals surface area contributed by atoms with Crippen LogP contribution < -0.4 is 11.1 Å². The summed E-state index contributed by atoms with van der Waals surface area (Å²) in [5, 5.41) is 2.77. The van der Waals surface area contributed by atoms with E-state index >= 15 is 0 Å². The van der Waals surface area contributed by atoms with E-state index in [1.165, 1.54) is 12.5 Å². The molecular formula is C9H14N2O2. The molecule has 0 aromatic carbocycles. The van der Waals surface area contributed by atoms with E-state index in [0.29, 0.717) is 18.7 Å². The lowest BCUT2D eigenvalue weighted by atomic mass is 10.3. The van der Waals surface area contributed by atoms with Crippen LogP contribution in [0.5, 0.6) is 0 Å². The molecule has 0 saturated heterocycles. The first-order valence-corrected chi connectivity index (χ1v) is 4.35. The van der Waals surface area contributed by atoms with Gasteiger partial charge in [0.25, 0.3) is 5.91 Å². The molecule has 1 heterocycles. The Hall–Kier alpha value is -1.29. The van der Waals surface area contributed by atoms with Crippen molar-refractivity contribution in [1.82, 2.24) is 5.32 Å². The number of amides is 1. The van der Waals surface area contributed by atoms with Crippen molar-refractivity contribution in [2.45, 2.75) is 12.8 Å². The van der Waals surface area contributed by atoms with Gasteiger partial charge in [0.05, 0.1) is 11.8 Å². The average molecular weight is 182 g/mol. The fraction of sp³-hybridized carbons (Fsp3) is 0.444. The molecule has 0 aliphatic rings. The normalized spacial score (nSPS) is 9.92. The molecule has 0 unspecified atom stereocenters. The molecule has 0 spiro atoms. The van der Waals surface area contributed by atoms with Gasteiger partial charge in [-0.1, -0.05) is 0 Å². The van der Waals surface area contributed by atoms with Gasteiger partial charge in [-0.25, -0.2) is 0 Å². The predicted molar refractivity (Wildman–Crippen MR) is 49.3 cm³/mol. The lowest BCUT2D eigenvalue weighted by Gasteiger charge is -2.01. The van der Waals surface area contributed by atoms with Gasteiger partial charge < -0.3 is 15.5 Å². The van der Waals surface area contributed by atoms with E-state index < -0.39 is 0 Å². The van der Waals surface area contributed by atoms with Gasteiger partial charge in [-0.15, -0.1) is 0 Å². The first-order valence-electron chi connectivity index (χ1n) is 4.35. The Bertz CT molecular complexity index is 244. The average Bonchev–Trinajstić information content (AvgIpc) is 2.65. The Labute approximate surface area is 77.1 Å². The van der Waals surface area contributed by atoms with E-state index in [1.807, 2.05) is 0 Å². The molecule has 0 fully saturated rings. The van der Waals surface area contributed by atoms with Gasteiger partial charge in [0, 0.05) is 6.54 Å². The molecule has 0 aliphatic carbocycles. The van der Waals surface area contributed by atoms with Crippen LogP contribution >= 0.6 is 0 Å². The third kappa shape index (κ3) is 3.29. The highest BCUT2D eigenvalue weighted by Crippen LogP contribution is 1.98. The van der Waals surface area contributed by atoms with Gasteiger partial charge in [-0.05, 0) is 25.5 Å². The molecule has 1 amide bonds. The van der Waals surface area contributed by atoms with Crippen molar-refractivity contribution in [3.8, 4) is 0 Å². The van der Waals surface area contributed by atoms with E-state index in [4.69, 9.17) is 10.2 Å². The zero-order chi connectivity index (χ0) is 9.52. The molecule has 0 atom stereocenters. The second-order valence-electron chi connectivity index (χ2n) is 2.76. The minimum atomic E-state index is -0.0919. The zero-order valence-electron chi connectivity index (χ0n) is 7.45. The molecule has 13 heavy (non-hydrogen) atoms. The van der Waals surface area contributed by atoms with Gasteiger partial charge in [-0.3, -0.25) is 4.79 Å². The summed E-state index contributed by atoms with van der Waals surface area (Å²) in [6, 6.07) is 1.64. The lowest BCUT2D eigenvalue weighted by Crippen LogP contribution is -2.24. The molecule has 0 radical (unpaired) electrons. The molecule has 4 heteroatoms. The Morgan fingerprint density at radius 1 is 1.54 bits per heavy atom. The smallest absolute Gasteiger partial charge is 0.254 e. The van der Waals surface area contributed by atoms with Crippen LogP contribution in [0.15, 0.2) is 23.0 Å². The van der Waals surface area contributed by atoms with Crippen LogP contribution in [0.1, 0.15) is 23.2 Å². The van der Waals surface area contributed by atoms with E-state index in [-0.39, 0.29) is 5.91 Å². The predicted octanol–water partition coefficient (Wildman–Crippen LogP) is 0.748. The first-order chi connectivity index (χ1) is 6.34. The van der Waals surface area contributed by atoms with Crippen LogP contribution in [0.2, 0.25) is 0 Å². The second-order valence-corrected chi connectivity index (χ2v) is 2.76.